The average molecular weight is 339 g/mol. The van der Waals surface area contributed by atoms with Crippen molar-refractivity contribution in [1.82, 2.24) is 19.8 Å². The van der Waals surface area contributed by atoms with Gasteiger partial charge < -0.3 is 10.6 Å². The lowest BCUT2D eigenvalue weighted by atomic mass is 10.1. The van der Waals surface area contributed by atoms with Gasteiger partial charge in [-0.15, -0.1) is 0 Å². The summed E-state index contributed by atoms with van der Waals surface area (Å²) < 4.78 is 0. The molecule has 6 heteroatoms. The molecule has 0 saturated carbocycles. The van der Waals surface area contributed by atoms with Gasteiger partial charge >= 0.3 is 0 Å². The number of carbonyl (C=O) groups excluding carboxylic acids is 1. The third-order valence-electron chi connectivity index (χ3n) is 4.73. The van der Waals surface area contributed by atoms with Crippen molar-refractivity contribution in [2.75, 3.05) is 25.9 Å². The maximum absolute atomic E-state index is 12.5. The van der Waals surface area contributed by atoms with E-state index in [0.717, 1.165) is 25.1 Å². The van der Waals surface area contributed by atoms with Crippen LogP contribution in [-0.2, 0) is 17.8 Å². The summed E-state index contributed by atoms with van der Waals surface area (Å²) >= 11 is 0. The van der Waals surface area contributed by atoms with Gasteiger partial charge in [-0.3, -0.25) is 9.69 Å². The van der Waals surface area contributed by atoms with E-state index in [4.69, 9.17) is 5.73 Å². The van der Waals surface area contributed by atoms with Gasteiger partial charge in [-0.05, 0) is 32.0 Å². The number of nitrogens with zero attached hydrogens (tertiary/aromatic N) is 4. The van der Waals surface area contributed by atoms with Gasteiger partial charge in [0.2, 0.25) is 5.91 Å². The second-order valence-electron chi connectivity index (χ2n) is 6.76. The molecule has 2 aromatic rings. The molecule has 1 aromatic heterocycles. The van der Waals surface area contributed by atoms with Gasteiger partial charge in [0.1, 0.15) is 11.6 Å². The quantitative estimate of drug-likeness (QED) is 0.896. The molecule has 0 bridgehead atoms. The summed E-state index contributed by atoms with van der Waals surface area (Å²) in [5.74, 6) is 1.40. The van der Waals surface area contributed by atoms with E-state index in [1.54, 1.807) is 12.3 Å². The van der Waals surface area contributed by atoms with Gasteiger partial charge in [0.15, 0.2) is 0 Å². The van der Waals surface area contributed by atoms with E-state index < -0.39 is 0 Å². The van der Waals surface area contributed by atoms with E-state index in [9.17, 15) is 4.79 Å². The van der Waals surface area contributed by atoms with Gasteiger partial charge in [-0.25, -0.2) is 9.97 Å². The first-order valence-corrected chi connectivity index (χ1v) is 8.62. The molecule has 2 heterocycles. The molecule has 1 aromatic carbocycles. The molecule has 132 valence electrons. The number of rotatable bonds is 5. The van der Waals surface area contributed by atoms with Crippen molar-refractivity contribution in [1.29, 1.82) is 0 Å². The molecular formula is C19H25N5O. The first-order chi connectivity index (χ1) is 12.0. The normalized spacial score (nSPS) is 17.2. The summed E-state index contributed by atoms with van der Waals surface area (Å²) in [6.45, 7) is 4.24. The van der Waals surface area contributed by atoms with Crippen molar-refractivity contribution < 1.29 is 4.79 Å². The monoisotopic (exact) mass is 339 g/mol. The molecule has 2 N–H and O–H groups in total. The highest BCUT2D eigenvalue weighted by Gasteiger charge is 2.29. The van der Waals surface area contributed by atoms with Gasteiger partial charge in [0.05, 0.1) is 13.0 Å². The fourth-order valence-electron chi connectivity index (χ4n) is 3.16. The zero-order valence-electron chi connectivity index (χ0n) is 14.9. The van der Waals surface area contributed by atoms with Crippen LogP contribution in [-0.4, -0.2) is 51.9 Å². The first-order valence-electron chi connectivity index (χ1n) is 8.62. The van der Waals surface area contributed by atoms with Crippen LogP contribution in [0.5, 0.6) is 0 Å². The van der Waals surface area contributed by atoms with E-state index in [1.165, 1.54) is 5.56 Å². The van der Waals surface area contributed by atoms with Crippen LogP contribution in [0.2, 0.25) is 0 Å². The number of nitrogen functional groups attached to an aromatic ring is 1. The number of aromatic nitrogens is 2. The highest BCUT2D eigenvalue weighted by atomic mass is 16.2. The zero-order chi connectivity index (χ0) is 17.8. The van der Waals surface area contributed by atoms with E-state index >= 15 is 0 Å². The van der Waals surface area contributed by atoms with Gasteiger partial charge in [-0.1, -0.05) is 29.8 Å². The Bertz CT molecular complexity index is 731. The van der Waals surface area contributed by atoms with E-state index in [-0.39, 0.29) is 5.91 Å². The Balaban J connectivity index is 1.53. The van der Waals surface area contributed by atoms with Crippen molar-refractivity contribution >= 4 is 11.7 Å². The van der Waals surface area contributed by atoms with Gasteiger partial charge in [0.25, 0.3) is 0 Å². The first kappa shape index (κ1) is 17.4. The second kappa shape index (κ2) is 7.61. The Morgan fingerprint density at radius 3 is 2.80 bits per heavy atom. The smallest absolute Gasteiger partial charge is 0.227 e. The van der Waals surface area contributed by atoms with Crippen LogP contribution in [0.15, 0.2) is 36.5 Å². The largest absolute Gasteiger partial charge is 0.384 e. The van der Waals surface area contributed by atoms with Crippen LogP contribution < -0.4 is 5.73 Å². The molecule has 3 rings (SSSR count). The van der Waals surface area contributed by atoms with Crippen LogP contribution >= 0.6 is 0 Å². The number of carbonyl (C=O) groups is 1. The maximum Gasteiger partial charge on any atom is 0.227 e. The number of nitrogens with two attached hydrogens (primary N) is 1. The molecule has 6 nitrogen and oxygen atoms in total. The minimum atomic E-state index is 0.194. The number of likely N-dealkylation sites (N-methyl/N-ethyl adjacent to an activating group) is 1. The number of likely N-dealkylation sites (tertiary alicyclic amines) is 1. The molecule has 1 amide bonds. The standard InChI is InChI=1S/C19H25N5O/c1-14-3-5-15(6-4-14)11-19(25)24-10-8-16(12-24)23(2)13-18-21-9-7-17(20)22-18/h3-7,9,16H,8,10-13H2,1-2H3,(H2,20,21,22)/t16-/m1/s1. The second-order valence-corrected chi connectivity index (χ2v) is 6.76. The molecule has 1 aliphatic heterocycles. The van der Waals surface area contributed by atoms with Crippen molar-refractivity contribution in [2.24, 2.45) is 0 Å². The molecule has 1 fully saturated rings. The number of amides is 1. The van der Waals surface area contributed by atoms with Crippen molar-refractivity contribution in [3.8, 4) is 0 Å². The van der Waals surface area contributed by atoms with Gasteiger partial charge in [-0.2, -0.15) is 0 Å². The number of benzene rings is 1. The molecule has 1 atom stereocenters. The fourth-order valence-corrected chi connectivity index (χ4v) is 3.16. The Kier molecular flexibility index (Phi) is 5.28. The van der Waals surface area contributed by atoms with Gasteiger partial charge in [0, 0.05) is 25.3 Å². The summed E-state index contributed by atoms with van der Waals surface area (Å²) in [6.07, 6.45) is 3.12. The summed E-state index contributed by atoms with van der Waals surface area (Å²) in [6, 6.07) is 10.2. The van der Waals surface area contributed by atoms with Crippen molar-refractivity contribution in [3.63, 3.8) is 0 Å². The number of hydrogen-bond donors (Lipinski definition) is 1. The number of anilines is 1. The number of hydrogen-bond acceptors (Lipinski definition) is 5. The third-order valence-corrected chi connectivity index (χ3v) is 4.73. The molecule has 0 aliphatic carbocycles. The molecule has 0 radical (unpaired) electrons. The van der Waals surface area contributed by atoms with Crippen molar-refractivity contribution in [3.05, 3.63) is 53.5 Å². The van der Waals surface area contributed by atoms with E-state index in [1.807, 2.05) is 24.1 Å². The molecule has 0 unspecified atom stereocenters. The topological polar surface area (TPSA) is 75.4 Å². The Morgan fingerprint density at radius 1 is 1.32 bits per heavy atom. The minimum absolute atomic E-state index is 0.194. The summed E-state index contributed by atoms with van der Waals surface area (Å²) in [7, 11) is 2.05. The molecule has 1 aliphatic rings. The molecule has 1 saturated heterocycles. The van der Waals surface area contributed by atoms with Crippen LogP contribution in [0.25, 0.3) is 0 Å². The minimum Gasteiger partial charge on any atom is -0.384 e. The SMILES string of the molecule is Cc1ccc(CC(=O)N2CC[C@@H](N(C)Cc3nccc(N)n3)C2)cc1. The third kappa shape index (κ3) is 4.54. The summed E-state index contributed by atoms with van der Waals surface area (Å²) in [5, 5.41) is 0. The molecule has 25 heavy (non-hydrogen) atoms. The van der Waals surface area contributed by atoms with Crippen LogP contribution in [0.1, 0.15) is 23.4 Å². The van der Waals surface area contributed by atoms with E-state index in [2.05, 4.69) is 33.9 Å². The Morgan fingerprint density at radius 2 is 2.08 bits per heavy atom. The summed E-state index contributed by atoms with van der Waals surface area (Å²) in [4.78, 5) is 25.2. The summed E-state index contributed by atoms with van der Waals surface area (Å²) in [5.41, 5.74) is 7.99. The highest BCUT2D eigenvalue weighted by Crippen LogP contribution is 2.17. The Labute approximate surface area is 148 Å². The maximum atomic E-state index is 12.5. The highest BCUT2D eigenvalue weighted by molar-refractivity contribution is 5.79. The zero-order valence-corrected chi connectivity index (χ0v) is 14.9. The lowest BCUT2D eigenvalue weighted by molar-refractivity contribution is -0.129. The number of aryl methyl sites for hydroxylation is 1. The lowest BCUT2D eigenvalue weighted by Gasteiger charge is -2.24. The Hall–Kier alpha value is -2.47. The van der Waals surface area contributed by atoms with E-state index in [0.29, 0.717) is 30.6 Å². The fraction of sp³-hybridized carbons (Fsp3) is 0.421. The van der Waals surface area contributed by atoms with Crippen LogP contribution in [0.4, 0.5) is 5.82 Å². The average Bonchev–Trinajstić information content (AvgIpc) is 3.07. The van der Waals surface area contributed by atoms with Crippen molar-refractivity contribution in [2.45, 2.75) is 32.4 Å². The van der Waals surface area contributed by atoms with Crippen LogP contribution in [0, 0.1) is 6.92 Å². The molecular weight excluding hydrogens is 314 g/mol. The lowest BCUT2D eigenvalue weighted by Crippen LogP contribution is -2.37. The predicted molar refractivity (Wildman–Crippen MR) is 97.8 cm³/mol. The predicted octanol–water partition coefficient (Wildman–Crippen LogP) is 1.64. The molecule has 0 spiro atoms. The van der Waals surface area contributed by atoms with Crippen LogP contribution in [0.3, 0.4) is 0 Å².